The Balaban J connectivity index is 1.75. The third-order valence-corrected chi connectivity index (χ3v) is 4.24. The predicted molar refractivity (Wildman–Crippen MR) is 90.2 cm³/mol. The van der Waals surface area contributed by atoms with Crippen LogP contribution in [0.5, 0.6) is 0 Å². The lowest BCUT2D eigenvalue weighted by atomic mass is 9.98. The fourth-order valence-corrected chi connectivity index (χ4v) is 2.88. The van der Waals surface area contributed by atoms with Crippen LogP contribution in [0.15, 0.2) is 42.5 Å². The minimum atomic E-state index is -0.374. The first-order chi connectivity index (χ1) is 11.6. The van der Waals surface area contributed by atoms with Crippen LogP contribution in [-0.2, 0) is 17.8 Å². The van der Waals surface area contributed by atoms with Crippen LogP contribution >= 0.6 is 0 Å². The van der Waals surface area contributed by atoms with Gasteiger partial charge in [0.25, 0.3) is 5.91 Å². The maximum atomic E-state index is 12.9. The lowest BCUT2D eigenvalue weighted by Gasteiger charge is -2.29. The van der Waals surface area contributed by atoms with E-state index in [-0.39, 0.29) is 17.6 Å². The van der Waals surface area contributed by atoms with Gasteiger partial charge in [0.2, 0.25) is 5.91 Å². The first-order valence-corrected chi connectivity index (χ1v) is 8.03. The second-order valence-corrected chi connectivity index (χ2v) is 5.86. The second kappa shape index (κ2) is 6.83. The van der Waals surface area contributed by atoms with Crippen LogP contribution in [-0.4, -0.2) is 23.3 Å². The van der Waals surface area contributed by atoms with Crippen molar-refractivity contribution in [1.29, 1.82) is 0 Å². The summed E-state index contributed by atoms with van der Waals surface area (Å²) >= 11 is 0. The molecule has 0 saturated carbocycles. The van der Waals surface area contributed by atoms with Gasteiger partial charge in [-0.25, -0.2) is 4.39 Å². The highest BCUT2D eigenvalue weighted by Crippen LogP contribution is 2.23. The van der Waals surface area contributed by atoms with Gasteiger partial charge in [0.15, 0.2) is 0 Å². The van der Waals surface area contributed by atoms with Gasteiger partial charge < -0.3 is 10.2 Å². The molecule has 5 heteroatoms. The highest BCUT2D eigenvalue weighted by molar-refractivity contribution is 6.04. The van der Waals surface area contributed by atoms with E-state index in [9.17, 15) is 14.0 Å². The van der Waals surface area contributed by atoms with E-state index in [4.69, 9.17) is 0 Å². The molecule has 1 heterocycles. The number of halogens is 1. The van der Waals surface area contributed by atoms with Crippen LogP contribution in [0.2, 0.25) is 0 Å². The van der Waals surface area contributed by atoms with Gasteiger partial charge >= 0.3 is 0 Å². The first kappa shape index (κ1) is 16.2. The number of anilines is 1. The van der Waals surface area contributed by atoms with Crippen molar-refractivity contribution in [2.45, 2.75) is 26.3 Å². The van der Waals surface area contributed by atoms with Crippen LogP contribution in [0.4, 0.5) is 10.1 Å². The van der Waals surface area contributed by atoms with Crippen molar-refractivity contribution in [3.8, 4) is 0 Å². The number of carbonyl (C=O) groups is 2. The lowest BCUT2D eigenvalue weighted by Crippen LogP contribution is -2.35. The normalized spacial score (nSPS) is 13.3. The van der Waals surface area contributed by atoms with Crippen molar-refractivity contribution in [3.63, 3.8) is 0 Å². The molecule has 3 rings (SSSR count). The van der Waals surface area contributed by atoms with Gasteiger partial charge in [-0.3, -0.25) is 9.59 Å². The first-order valence-electron chi connectivity index (χ1n) is 8.03. The molecule has 0 fully saturated rings. The number of amides is 2. The number of hydrogen-bond acceptors (Lipinski definition) is 2. The molecule has 2 amide bonds. The highest BCUT2D eigenvalue weighted by atomic mass is 19.1. The number of carbonyl (C=O) groups excluding carboxylic acids is 2. The highest BCUT2D eigenvalue weighted by Gasteiger charge is 2.20. The van der Waals surface area contributed by atoms with Crippen molar-refractivity contribution < 1.29 is 14.0 Å². The van der Waals surface area contributed by atoms with E-state index in [1.165, 1.54) is 29.8 Å². The Bertz CT molecular complexity index is 771. The van der Waals surface area contributed by atoms with Gasteiger partial charge in [0, 0.05) is 30.8 Å². The smallest absolute Gasteiger partial charge is 0.255 e. The molecule has 4 nitrogen and oxygen atoms in total. The van der Waals surface area contributed by atoms with E-state index in [1.807, 2.05) is 30.0 Å². The Morgan fingerprint density at radius 2 is 1.88 bits per heavy atom. The molecule has 0 spiro atoms. The number of nitrogens with zero attached hydrogens (tertiary/aromatic N) is 1. The number of fused-ring (bicyclic) bond motifs is 1. The van der Waals surface area contributed by atoms with Crippen molar-refractivity contribution in [3.05, 3.63) is 65.0 Å². The van der Waals surface area contributed by atoms with Gasteiger partial charge in [-0.05, 0) is 53.9 Å². The summed E-state index contributed by atoms with van der Waals surface area (Å²) in [5.74, 6) is -0.519. The summed E-state index contributed by atoms with van der Waals surface area (Å²) in [5, 5.41) is 2.82. The average molecular weight is 326 g/mol. The molecule has 0 atom stereocenters. The van der Waals surface area contributed by atoms with E-state index in [0.717, 1.165) is 18.5 Å². The largest absolute Gasteiger partial charge is 0.338 e. The Morgan fingerprint density at radius 1 is 1.12 bits per heavy atom. The Kier molecular flexibility index (Phi) is 4.60. The molecule has 0 aromatic heterocycles. The van der Waals surface area contributed by atoms with Crippen LogP contribution in [0.1, 0.15) is 34.8 Å². The van der Waals surface area contributed by atoms with Crippen molar-refractivity contribution in [1.82, 2.24) is 4.90 Å². The molecule has 0 radical (unpaired) electrons. The van der Waals surface area contributed by atoms with E-state index >= 15 is 0 Å². The number of hydrogen-bond donors (Lipinski definition) is 1. The average Bonchev–Trinajstić information content (AvgIpc) is 2.61. The van der Waals surface area contributed by atoms with Gasteiger partial charge in [0.05, 0.1) is 0 Å². The summed E-state index contributed by atoms with van der Waals surface area (Å²) in [7, 11) is 0. The molecular weight excluding hydrogens is 307 g/mol. The van der Waals surface area contributed by atoms with Gasteiger partial charge in [-0.2, -0.15) is 0 Å². The number of nitrogens with one attached hydrogen (secondary N) is 1. The monoisotopic (exact) mass is 326 g/mol. The fourth-order valence-electron chi connectivity index (χ4n) is 2.88. The van der Waals surface area contributed by atoms with Crippen LogP contribution in [0, 0.1) is 5.82 Å². The number of rotatable bonds is 3. The molecule has 1 aliphatic heterocycles. The van der Waals surface area contributed by atoms with Gasteiger partial charge in [-0.15, -0.1) is 0 Å². The third-order valence-electron chi connectivity index (χ3n) is 4.24. The van der Waals surface area contributed by atoms with Crippen LogP contribution in [0.3, 0.4) is 0 Å². The maximum Gasteiger partial charge on any atom is 0.255 e. The molecule has 24 heavy (non-hydrogen) atoms. The standard InChI is InChI=1S/C19H19FN2O2/c1-2-18(23)22-10-9-13-5-8-17(11-15(13)12-22)21-19(24)14-3-6-16(20)7-4-14/h3-8,11H,2,9-10,12H2,1H3,(H,21,24). The Morgan fingerprint density at radius 3 is 2.58 bits per heavy atom. The van der Waals surface area contributed by atoms with E-state index < -0.39 is 0 Å². The second-order valence-electron chi connectivity index (χ2n) is 5.86. The molecule has 0 aliphatic carbocycles. The van der Waals surface area contributed by atoms with E-state index in [2.05, 4.69) is 5.32 Å². The summed E-state index contributed by atoms with van der Waals surface area (Å²) in [6.45, 7) is 3.17. The zero-order chi connectivity index (χ0) is 17.1. The molecule has 1 N–H and O–H groups in total. The molecule has 124 valence electrons. The van der Waals surface area contributed by atoms with Crippen molar-refractivity contribution in [2.75, 3.05) is 11.9 Å². The molecule has 2 aromatic rings. The number of benzene rings is 2. The zero-order valence-electron chi connectivity index (χ0n) is 13.5. The summed E-state index contributed by atoms with van der Waals surface area (Å²) < 4.78 is 12.9. The topological polar surface area (TPSA) is 49.4 Å². The quantitative estimate of drug-likeness (QED) is 0.940. The van der Waals surface area contributed by atoms with Gasteiger partial charge in [0.1, 0.15) is 5.82 Å². The third kappa shape index (κ3) is 3.45. The Hall–Kier alpha value is -2.69. The molecular formula is C19H19FN2O2. The van der Waals surface area contributed by atoms with Crippen LogP contribution in [0.25, 0.3) is 0 Å². The van der Waals surface area contributed by atoms with Crippen LogP contribution < -0.4 is 5.32 Å². The van der Waals surface area contributed by atoms with E-state index in [0.29, 0.717) is 24.2 Å². The molecule has 0 saturated heterocycles. The van der Waals surface area contributed by atoms with Crippen molar-refractivity contribution >= 4 is 17.5 Å². The van der Waals surface area contributed by atoms with Gasteiger partial charge in [-0.1, -0.05) is 13.0 Å². The fraction of sp³-hybridized carbons (Fsp3) is 0.263. The molecule has 0 bridgehead atoms. The zero-order valence-corrected chi connectivity index (χ0v) is 13.5. The summed E-state index contributed by atoms with van der Waals surface area (Å²) in [6, 6.07) is 11.2. The summed E-state index contributed by atoms with van der Waals surface area (Å²) in [6.07, 6.45) is 1.32. The van der Waals surface area contributed by atoms with E-state index in [1.54, 1.807) is 0 Å². The summed E-state index contributed by atoms with van der Waals surface area (Å²) in [4.78, 5) is 25.9. The lowest BCUT2D eigenvalue weighted by molar-refractivity contribution is -0.131. The SMILES string of the molecule is CCC(=O)N1CCc2ccc(NC(=O)c3ccc(F)cc3)cc2C1. The maximum absolute atomic E-state index is 12.9. The molecule has 2 aromatic carbocycles. The van der Waals surface area contributed by atoms with Crippen molar-refractivity contribution in [2.24, 2.45) is 0 Å². The minimum Gasteiger partial charge on any atom is -0.338 e. The molecule has 0 unspecified atom stereocenters. The molecule has 1 aliphatic rings. The predicted octanol–water partition coefficient (Wildman–Crippen LogP) is 3.37. The minimum absolute atomic E-state index is 0.140. The summed E-state index contributed by atoms with van der Waals surface area (Å²) in [5.41, 5.74) is 3.33. The Labute approximate surface area is 140 Å².